The SMILES string of the molecule is COc1cc(C(=O)O)cc(N)c1NC/C=C/CNC(=O)OC(C)(C)C. The van der Waals surface area contributed by atoms with Crippen LogP contribution in [0.1, 0.15) is 31.1 Å². The Morgan fingerprint density at radius 1 is 1.24 bits per heavy atom. The second kappa shape index (κ2) is 8.81. The number of aromatic carboxylic acids is 1. The smallest absolute Gasteiger partial charge is 0.407 e. The Kier molecular flexibility index (Phi) is 7.10. The summed E-state index contributed by atoms with van der Waals surface area (Å²) in [5.74, 6) is -0.734. The van der Waals surface area contributed by atoms with Gasteiger partial charge in [0, 0.05) is 13.1 Å². The predicted molar refractivity (Wildman–Crippen MR) is 96.2 cm³/mol. The van der Waals surface area contributed by atoms with Gasteiger partial charge in [-0.15, -0.1) is 0 Å². The number of anilines is 2. The van der Waals surface area contributed by atoms with Gasteiger partial charge in [-0.25, -0.2) is 9.59 Å². The van der Waals surface area contributed by atoms with Gasteiger partial charge in [0.15, 0.2) is 0 Å². The van der Waals surface area contributed by atoms with Crippen LogP contribution in [0.25, 0.3) is 0 Å². The molecule has 25 heavy (non-hydrogen) atoms. The van der Waals surface area contributed by atoms with Crippen LogP contribution in [0.15, 0.2) is 24.3 Å². The fraction of sp³-hybridized carbons (Fsp3) is 0.412. The average molecular weight is 351 g/mol. The minimum Gasteiger partial charge on any atom is -0.494 e. The lowest BCUT2D eigenvalue weighted by Gasteiger charge is -2.19. The summed E-state index contributed by atoms with van der Waals surface area (Å²) < 4.78 is 10.3. The van der Waals surface area contributed by atoms with E-state index in [9.17, 15) is 9.59 Å². The van der Waals surface area contributed by atoms with Crippen LogP contribution in [0.5, 0.6) is 5.75 Å². The van der Waals surface area contributed by atoms with Crippen molar-refractivity contribution in [2.75, 3.05) is 31.2 Å². The number of hydrogen-bond acceptors (Lipinski definition) is 6. The number of methoxy groups -OCH3 is 1. The number of carbonyl (C=O) groups is 2. The highest BCUT2D eigenvalue weighted by atomic mass is 16.6. The van der Waals surface area contributed by atoms with Crippen molar-refractivity contribution in [2.45, 2.75) is 26.4 Å². The molecule has 8 nitrogen and oxygen atoms in total. The lowest BCUT2D eigenvalue weighted by atomic mass is 10.1. The maximum absolute atomic E-state index is 11.5. The molecule has 0 spiro atoms. The Hall–Kier alpha value is -2.90. The molecule has 0 aliphatic carbocycles. The van der Waals surface area contributed by atoms with Crippen LogP contribution in [-0.4, -0.2) is 43.0 Å². The number of nitrogens with two attached hydrogens (primary N) is 1. The number of nitrogen functional groups attached to an aromatic ring is 1. The molecule has 0 atom stereocenters. The summed E-state index contributed by atoms with van der Waals surface area (Å²) in [4.78, 5) is 22.5. The predicted octanol–water partition coefficient (Wildman–Crippen LogP) is 2.47. The van der Waals surface area contributed by atoms with Crippen molar-refractivity contribution in [1.29, 1.82) is 0 Å². The molecular formula is C17H25N3O5. The Morgan fingerprint density at radius 2 is 1.88 bits per heavy atom. The zero-order chi connectivity index (χ0) is 19.0. The summed E-state index contributed by atoms with van der Waals surface area (Å²) in [7, 11) is 1.44. The summed E-state index contributed by atoms with van der Waals surface area (Å²) in [5.41, 5.74) is 6.17. The maximum atomic E-state index is 11.5. The molecule has 0 aliphatic heterocycles. The molecule has 1 rings (SSSR count). The van der Waals surface area contributed by atoms with Crippen LogP contribution in [0.3, 0.4) is 0 Å². The molecule has 0 unspecified atom stereocenters. The highest BCUT2D eigenvalue weighted by molar-refractivity contribution is 5.92. The van der Waals surface area contributed by atoms with Gasteiger partial charge >= 0.3 is 12.1 Å². The van der Waals surface area contributed by atoms with Crippen molar-refractivity contribution in [1.82, 2.24) is 5.32 Å². The van der Waals surface area contributed by atoms with Crippen LogP contribution in [0.2, 0.25) is 0 Å². The molecule has 0 radical (unpaired) electrons. The third-order valence-corrected chi connectivity index (χ3v) is 2.93. The molecule has 1 aromatic carbocycles. The van der Waals surface area contributed by atoms with Crippen LogP contribution in [0.4, 0.5) is 16.2 Å². The van der Waals surface area contributed by atoms with Crippen LogP contribution >= 0.6 is 0 Å². The van der Waals surface area contributed by atoms with E-state index in [0.717, 1.165) is 0 Å². The Bertz CT molecular complexity index is 650. The molecule has 1 amide bonds. The molecule has 0 heterocycles. The third-order valence-electron chi connectivity index (χ3n) is 2.93. The Morgan fingerprint density at radius 3 is 2.44 bits per heavy atom. The Balaban J connectivity index is 2.53. The van der Waals surface area contributed by atoms with Crippen LogP contribution in [-0.2, 0) is 4.74 Å². The van der Waals surface area contributed by atoms with Gasteiger partial charge in [-0.1, -0.05) is 12.2 Å². The van der Waals surface area contributed by atoms with Gasteiger partial charge in [0.25, 0.3) is 0 Å². The first-order valence-electron chi connectivity index (χ1n) is 7.70. The monoisotopic (exact) mass is 351 g/mol. The first kappa shape index (κ1) is 20.1. The number of carboxylic acid groups (broad SMARTS) is 1. The van der Waals surface area contributed by atoms with E-state index in [4.69, 9.17) is 20.3 Å². The molecule has 0 aliphatic rings. The van der Waals surface area contributed by atoms with Gasteiger partial charge in [-0.3, -0.25) is 0 Å². The number of nitrogens with one attached hydrogen (secondary N) is 2. The topological polar surface area (TPSA) is 123 Å². The first-order valence-corrected chi connectivity index (χ1v) is 7.70. The van der Waals surface area contributed by atoms with Crippen LogP contribution in [0, 0.1) is 0 Å². The maximum Gasteiger partial charge on any atom is 0.407 e. The van der Waals surface area contributed by atoms with E-state index in [1.165, 1.54) is 19.2 Å². The summed E-state index contributed by atoms with van der Waals surface area (Å²) in [6, 6.07) is 2.76. The average Bonchev–Trinajstić information content (AvgIpc) is 2.49. The number of carbonyl (C=O) groups excluding carboxylic acids is 1. The van der Waals surface area contributed by atoms with E-state index in [1.54, 1.807) is 32.9 Å². The normalized spacial score (nSPS) is 11.2. The number of rotatable bonds is 7. The number of ether oxygens (including phenoxy) is 2. The minimum absolute atomic E-state index is 0.0528. The summed E-state index contributed by atoms with van der Waals surface area (Å²) in [6.45, 7) is 6.11. The third kappa shape index (κ3) is 7.03. The van der Waals surface area contributed by atoms with Crippen molar-refractivity contribution in [3.63, 3.8) is 0 Å². The van der Waals surface area contributed by atoms with Crippen molar-refractivity contribution in [3.8, 4) is 5.75 Å². The molecule has 0 bridgehead atoms. The lowest BCUT2D eigenvalue weighted by molar-refractivity contribution is 0.0533. The van der Waals surface area contributed by atoms with E-state index in [1.807, 2.05) is 0 Å². The Labute approximate surface area is 147 Å². The molecule has 8 heteroatoms. The van der Waals surface area contributed by atoms with Gasteiger partial charge in [-0.05, 0) is 32.9 Å². The van der Waals surface area contributed by atoms with Gasteiger partial charge in [0.2, 0.25) is 0 Å². The lowest BCUT2D eigenvalue weighted by Crippen LogP contribution is -2.32. The van der Waals surface area contributed by atoms with Crippen molar-refractivity contribution < 1.29 is 24.2 Å². The molecule has 5 N–H and O–H groups in total. The fourth-order valence-corrected chi connectivity index (χ4v) is 1.89. The van der Waals surface area contributed by atoms with E-state index >= 15 is 0 Å². The summed E-state index contributed by atoms with van der Waals surface area (Å²) in [6.07, 6.45) is 3.06. The zero-order valence-electron chi connectivity index (χ0n) is 14.9. The van der Waals surface area contributed by atoms with Gasteiger partial charge < -0.3 is 30.9 Å². The molecule has 0 fully saturated rings. The standard InChI is InChI=1S/C17H25N3O5/c1-17(2,3)25-16(23)20-8-6-5-7-19-14-12(18)9-11(15(21)22)10-13(14)24-4/h5-6,9-10,19H,7-8,18H2,1-4H3,(H,20,23)(H,21,22)/b6-5+. The second-order valence-electron chi connectivity index (χ2n) is 6.18. The number of benzene rings is 1. The van der Waals surface area contributed by atoms with E-state index in [2.05, 4.69) is 10.6 Å². The molecule has 0 saturated heterocycles. The van der Waals surface area contributed by atoms with E-state index < -0.39 is 17.7 Å². The van der Waals surface area contributed by atoms with E-state index in [-0.39, 0.29) is 11.3 Å². The van der Waals surface area contributed by atoms with Gasteiger partial charge in [0.05, 0.1) is 18.4 Å². The van der Waals surface area contributed by atoms with Crippen LogP contribution < -0.4 is 21.1 Å². The largest absolute Gasteiger partial charge is 0.494 e. The first-order chi connectivity index (χ1) is 11.6. The minimum atomic E-state index is -1.08. The van der Waals surface area contributed by atoms with Gasteiger partial charge in [0.1, 0.15) is 17.0 Å². The number of carboxylic acids is 1. The number of alkyl carbamates (subject to hydrolysis) is 1. The number of amides is 1. The fourth-order valence-electron chi connectivity index (χ4n) is 1.89. The molecule has 0 saturated carbocycles. The van der Waals surface area contributed by atoms with Crippen molar-refractivity contribution in [2.24, 2.45) is 0 Å². The highest BCUT2D eigenvalue weighted by Gasteiger charge is 2.15. The molecule has 0 aromatic heterocycles. The molecule has 1 aromatic rings. The number of hydrogen-bond donors (Lipinski definition) is 4. The van der Waals surface area contributed by atoms with E-state index in [0.29, 0.717) is 24.5 Å². The van der Waals surface area contributed by atoms with Gasteiger partial charge in [-0.2, -0.15) is 0 Å². The van der Waals surface area contributed by atoms with Crippen molar-refractivity contribution in [3.05, 3.63) is 29.8 Å². The quantitative estimate of drug-likeness (QED) is 0.439. The second-order valence-corrected chi connectivity index (χ2v) is 6.18. The van der Waals surface area contributed by atoms with Crippen molar-refractivity contribution >= 4 is 23.4 Å². The molecular weight excluding hydrogens is 326 g/mol. The molecule has 138 valence electrons. The summed E-state index contributed by atoms with van der Waals surface area (Å²) in [5, 5.41) is 14.7. The highest BCUT2D eigenvalue weighted by Crippen LogP contribution is 2.32. The zero-order valence-corrected chi connectivity index (χ0v) is 14.9. The summed E-state index contributed by atoms with van der Waals surface area (Å²) >= 11 is 0.